The molecule has 0 unspecified atom stereocenters. The summed E-state index contributed by atoms with van der Waals surface area (Å²) in [5, 5.41) is 0.683. The van der Waals surface area contributed by atoms with Crippen molar-refractivity contribution >= 4 is 26.7 Å². The Balaban J connectivity index is 2.72. The first kappa shape index (κ1) is 13.8. The molecule has 0 aliphatic rings. The molecule has 102 valence electrons. The van der Waals surface area contributed by atoms with E-state index in [9.17, 15) is 13.2 Å². The predicted octanol–water partition coefficient (Wildman–Crippen LogP) is 2.68. The highest BCUT2D eigenvalue weighted by Gasteiger charge is 2.21. The molecule has 0 aliphatic carbocycles. The number of aromatic nitrogens is 1. The maximum Gasteiger partial charge on any atom is 0.239 e. The van der Waals surface area contributed by atoms with Crippen molar-refractivity contribution in [1.29, 1.82) is 0 Å². The van der Waals surface area contributed by atoms with Crippen LogP contribution in [0.2, 0.25) is 0 Å². The van der Waals surface area contributed by atoms with E-state index in [1.807, 2.05) is 13.8 Å². The second kappa shape index (κ2) is 4.81. The highest BCUT2D eigenvalue weighted by atomic mass is 32.2. The molecule has 0 saturated carbocycles. The van der Waals surface area contributed by atoms with E-state index in [1.165, 1.54) is 17.1 Å². The largest absolute Gasteiger partial charge is 0.294 e. The average molecular weight is 279 g/mol. The minimum absolute atomic E-state index is 0.0342. The summed E-state index contributed by atoms with van der Waals surface area (Å²) >= 11 is 0. The fraction of sp³-hybridized carbons (Fsp3) is 0.357. The first-order chi connectivity index (χ1) is 8.83. The van der Waals surface area contributed by atoms with E-state index >= 15 is 0 Å². The Labute approximate surface area is 113 Å². The number of nitrogens with zero attached hydrogens (tertiary/aromatic N) is 1. The normalized spacial score (nSPS) is 12.2. The van der Waals surface area contributed by atoms with E-state index < -0.39 is 10.0 Å². The van der Waals surface area contributed by atoms with E-state index in [1.54, 1.807) is 24.3 Å². The van der Waals surface area contributed by atoms with Gasteiger partial charge in [0.25, 0.3) is 0 Å². The van der Waals surface area contributed by atoms with E-state index in [0.717, 1.165) is 0 Å². The molecule has 1 heterocycles. The number of hydrogen-bond donors (Lipinski definition) is 0. The van der Waals surface area contributed by atoms with Gasteiger partial charge in [-0.1, -0.05) is 32.0 Å². The number of benzene rings is 1. The smallest absolute Gasteiger partial charge is 0.239 e. The zero-order chi connectivity index (χ0) is 14.2. The van der Waals surface area contributed by atoms with Gasteiger partial charge in [-0.15, -0.1) is 0 Å². The number of para-hydroxylation sites is 1. The van der Waals surface area contributed by atoms with E-state index in [-0.39, 0.29) is 17.5 Å². The molecule has 0 radical (unpaired) electrons. The molecule has 0 spiro atoms. The third-order valence-electron chi connectivity index (χ3n) is 2.90. The van der Waals surface area contributed by atoms with Crippen molar-refractivity contribution in [2.75, 3.05) is 5.75 Å². The third kappa shape index (κ3) is 2.56. The van der Waals surface area contributed by atoms with Crippen molar-refractivity contribution < 1.29 is 13.2 Å². The fourth-order valence-corrected chi connectivity index (χ4v) is 3.89. The fourth-order valence-electron chi connectivity index (χ4n) is 2.16. The van der Waals surface area contributed by atoms with Crippen molar-refractivity contribution in [3.05, 3.63) is 36.0 Å². The molecule has 2 aromatic rings. The summed E-state index contributed by atoms with van der Waals surface area (Å²) in [7, 11) is -3.43. The van der Waals surface area contributed by atoms with E-state index in [2.05, 4.69) is 0 Å². The molecule has 0 bridgehead atoms. The second-order valence-corrected chi connectivity index (χ2v) is 6.97. The molecule has 0 amide bonds. The van der Waals surface area contributed by atoms with Crippen LogP contribution < -0.4 is 0 Å². The molecule has 4 nitrogen and oxygen atoms in total. The summed E-state index contributed by atoms with van der Waals surface area (Å²) in [6, 6.07) is 7.06. The van der Waals surface area contributed by atoms with Crippen molar-refractivity contribution in [3.63, 3.8) is 0 Å². The summed E-state index contributed by atoms with van der Waals surface area (Å²) < 4.78 is 25.9. The monoisotopic (exact) mass is 279 g/mol. The van der Waals surface area contributed by atoms with Crippen LogP contribution in [0, 0.1) is 5.92 Å². The quantitative estimate of drug-likeness (QED) is 0.808. The lowest BCUT2D eigenvalue weighted by molar-refractivity contribution is 0.101. The van der Waals surface area contributed by atoms with Crippen LogP contribution in [0.4, 0.5) is 0 Å². The van der Waals surface area contributed by atoms with Gasteiger partial charge in [0.2, 0.25) is 10.0 Å². The Bertz CT molecular complexity index is 726. The van der Waals surface area contributed by atoms with Crippen LogP contribution in [0.15, 0.2) is 30.5 Å². The molecule has 1 aromatic heterocycles. The number of ketones is 1. The van der Waals surface area contributed by atoms with Crippen LogP contribution in [0.25, 0.3) is 10.9 Å². The van der Waals surface area contributed by atoms with Crippen molar-refractivity contribution in [3.8, 4) is 0 Å². The van der Waals surface area contributed by atoms with Gasteiger partial charge in [0.1, 0.15) is 0 Å². The molecular weight excluding hydrogens is 262 g/mol. The van der Waals surface area contributed by atoms with E-state index in [4.69, 9.17) is 0 Å². The van der Waals surface area contributed by atoms with Gasteiger partial charge in [0.05, 0.1) is 11.3 Å². The predicted molar refractivity (Wildman–Crippen MR) is 76.0 cm³/mol. The van der Waals surface area contributed by atoms with Crippen LogP contribution in [-0.4, -0.2) is 23.9 Å². The third-order valence-corrected chi connectivity index (χ3v) is 4.89. The van der Waals surface area contributed by atoms with Gasteiger partial charge in [0, 0.05) is 17.1 Å². The minimum atomic E-state index is -3.43. The number of rotatable bonds is 4. The summed E-state index contributed by atoms with van der Waals surface area (Å²) in [6.45, 7) is 5.16. The summed E-state index contributed by atoms with van der Waals surface area (Å²) in [6.07, 6.45) is 1.44. The van der Waals surface area contributed by atoms with E-state index in [0.29, 0.717) is 16.5 Å². The first-order valence-corrected chi connectivity index (χ1v) is 7.78. The zero-order valence-electron chi connectivity index (χ0n) is 11.3. The summed E-state index contributed by atoms with van der Waals surface area (Å²) in [5.41, 5.74) is 1.01. The van der Waals surface area contributed by atoms with Crippen molar-refractivity contribution in [2.24, 2.45) is 5.92 Å². The lowest BCUT2D eigenvalue weighted by Gasteiger charge is -2.09. The Hall–Kier alpha value is -1.62. The molecule has 5 heteroatoms. The van der Waals surface area contributed by atoms with Crippen LogP contribution in [-0.2, 0) is 10.0 Å². The molecule has 0 atom stereocenters. The molecule has 19 heavy (non-hydrogen) atoms. The maximum absolute atomic E-state index is 12.3. The first-order valence-electron chi connectivity index (χ1n) is 6.17. The second-order valence-electron chi connectivity index (χ2n) is 5.08. The summed E-state index contributed by atoms with van der Waals surface area (Å²) in [4.78, 5) is 11.6. The van der Waals surface area contributed by atoms with Gasteiger partial charge in [-0.25, -0.2) is 12.4 Å². The van der Waals surface area contributed by atoms with Gasteiger partial charge in [0.15, 0.2) is 5.78 Å². The molecule has 0 aliphatic heterocycles. The van der Waals surface area contributed by atoms with Crippen LogP contribution in [0.1, 0.15) is 31.1 Å². The van der Waals surface area contributed by atoms with Crippen molar-refractivity contribution in [2.45, 2.75) is 20.8 Å². The number of hydrogen-bond acceptors (Lipinski definition) is 3. The molecule has 0 N–H and O–H groups in total. The van der Waals surface area contributed by atoms with Gasteiger partial charge < -0.3 is 0 Å². The Morgan fingerprint density at radius 1 is 1.26 bits per heavy atom. The number of Topliss-reactive ketones (excluding diaryl/α,β-unsaturated/α-hetero) is 1. The van der Waals surface area contributed by atoms with Crippen molar-refractivity contribution in [1.82, 2.24) is 3.97 Å². The molecule has 0 fully saturated rings. The minimum Gasteiger partial charge on any atom is -0.294 e. The standard InChI is InChI=1S/C14H17NO3S/c1-10(2)9-19(17,18)15-8-13(11(3)16)12-6-4-5-7-14(12)15/h4-8,10H,9H2,1-3H3. The number of carbonyl (C=O) groups is 1. The molecular formula is C14H17NO3S. The highest BCUT2D eigenvalue weighted by molar-refractivity contribution is 7.90. The lowest BCUT2D eigenvalue weighted by atomic mass is 10.1. The van der Waals surface area contributed by atoms with Gasteiger partial charge in [-0.2, -0.15) is 0 Å². The van der Waals surface area contributed by atoms with Gasteiger partial charge in [-0.05, 0) is 18.9 Å². The average Bonchev–Trinajstić information content (AvgIpc) is 2.67. The van der Waals surface area contributed by atoms with Gasteiger partial charge in [-0.3, -0.25) is 4.79 Å². The number of fused-ring (bicyclic) bond motifs is 1. The Morgan fingerprint density at radius 2 is 1.89 bits per heavy atom. The maximum atomic E-state index is 12.3. The molecule has 1 aromatic carbocycles. The van der Waals surface area contributed by atoms with Crippen LogP contribution in [0.5, 0.6) is 0 Å². The van der Waals surface area contributed by atoms with Crippen LogP contribution in [0.3, 0.4) is 0 Å². The van der Waals surface area contributed by atoms with Gasteiger partial charge >= 0.3 is 0 Å². The highest BCUT2D eigenvalue weighted by Crippen LogP contribution is 2.24. The Morgan fingerprint density at radius 3 is 2.47 bits per heavy atom. The lowest BCUT2D eigenvalue weighted by Crippen LogP contribution is -2.19. The molecule has 2 rings (SSSR count). The zero-order valence-corrected chi connectivity index (χ0v) is 12.1. The molecule has 0 saturated heterocycles. The van der Waals surface area contributed by atoms with Crippen LogP contribution >= 0.6 is 0 Å². The topological polar surface area (TPSA) is 56.1 Å². The summed E-state index contributed by atoms with van der Waals surface area (Å²) in [5.74, 6) is -0.0372. The Kier molecular flexibility index (Phi) is 3.49. The SMILES string of the molecule is CC(=O)c1cn(S(=O)(=O)CC(C)C)c2ccccc12. The number of carbonyl (C=O) groups excluding carboxylic acids is 1.